The number of hydrogen-bond donors (Lipinski definition) is 1. The molecule has 3 aromatic rings. The van der Waals surface area contributed by atoms with E-state index in [1.165, 1.54) is 3.97 Å². The lowest BCUT2D eigenvalue weighted by Gasteiger charge is -2.13. The zero-order valence-corrected chi connectivity index (χ0v) is 12.3. The molecule has 1 N–H and O–H groups in total. The summed E-state index contributed by atoms with van der Waals surface area (Å²) in [6.45, 7) is 1.56. The number of fused-ring (bicyclic) bond motifs is 1. The fourth-order valence-electron chi connectivity index (χ4n) is 2.41. The number of aromatic nitrogens is 1. The van der Waals surface area contributed by atoms with Crippen molar-refractivity contribution < 1.29 is 13.5 Å². The summed E-state index contributed by atoms with van der Waals surface area (Å²) in [5.74, 6) is 0. The monoisotopic (exact) mass is 301 g/mol. The average Bonchev–Trinajstić information content (AvgIpc) is 2.88. The molecule has 0 bridgehead atoms. The number of aliphatic hydroxyl groups is 1. The van der Waals surface area contributed by atoms with Crippen LogP contribution >= 0.6 is 0 Å². The topological polar surface area (TPSA) is 59.3 Å². The Bertz CT molecular complexity index is 880. The molecule has 0 fully saturated rings. The molecule has 3 rings (SSSR count). The van der Waals surface area contributed by atoms with Crippen molar-refractivity contribution >= 4 is 20.9 Å². The van der Waals surface area contributed by atoms with E-state index in [0.717, 1.165) is 5.39 Å². The first-order valence-corrected chi connectivity index (χ1v) is 8.05. The van der Waals surface area contributed by atoms with Crippen molar-refractivity contribution in [2.24, 2.45) is 0 Å². The van der Waals surface area contributed by atoms with Crippen LogP contribution in [0.4, 0.5) is 0 Å². The third-order valence-corrected chi connectivity index (χ3v) is 5.16. The van der Waals surface area contributed by atoms with Crippen molar-refractivity contribution in [3.63, 3.8) is 0 Å². The van der Waals surface area contributed by atoms with E-state index in [9.17, 15) is 13.5 Å². The minimum absolute atomic E-state index is 0.202. The normalized spacial score (nSPS) is 13.4. The molecule has 0 saturated carbocycles. The van der Waals surface area contributed by atoms with Crippen molar-refractivity contribution in [1.29, 1.82) is 0 Å². The van der Waals surface area contributed by atoms with E-state index in [-0.39, 0.29) is 4.90 Å². The van der Waals surface area contributed by atoms with Gasteiger partial charge in [-0.15, -0.1) is 0 Å². The number of para-hydroxylation sites is 1. The number of hydrogen-bond acceptors (Lipinski definition) is 3. The molecule has 0 radical (unpaired) electrons. The smallest absolute Gasteiger partial charge is 0.268 e. The predicted octanol–water partition coefficient (Wildman–Crippen LogP) is 2.93. The van der Waals surface area contributed by atoms with Gasteiger partial charge in [0.25, 0.3) is 10.0 Å². The van der Waals surface area contributed by atoms with Crippen LogP contribution in [0.2, 0.25) is 0 Å². The van der Waals surface area contributed by atoms with Gasteiger partial charge in [0.1, 0.15) is 0 Å². The van der Waals surface area contributed by atoms with E-state index in [1.807, 2.05) is 12.1 Å². The summed E-state index contributed by atoms with van der Waals surface area (Å²) in [6.07, 6.45) is -0.879. The lowest BCUT2D eigenvalue weighted by molar-refractivity contribution is 0.193. The third-order valence-electron chi connectivity index (χ3n) is 3.40. The second kappa shape index (κ2) is 5.02. The second-order valence-electron chi connectivity index (χ2n) is 4.89. The summed E-state index contributed by atoms with van der Waals surface area (Å²) >= 11 is 0. The molecular formula is C16H15NO3S. The van der Waals surface area contributed by atoms with Gasteiger partial charge in [-0.2, -0.15) is 0 Å². The maximum absolute atomic E-state index is 12.9. The van der Waals surface area contributed by atoms with Crippen LogP contribution in [-0.2, 0) is 10.0 Å². The molecule has 21 heavy (non-hydrogen) atoms. The number of nitrogens with zero attached hydrogens (tertiary/aromatic N) is 1. The summed E-state index contributed by atoms with van der Waals surface area (Å²) in [5.41, 5.74) is 0.928. The molecule has 0 unspecified atom stereocenters. The van der Waals surface area contributed by atoms with E-state index in [4.69, 9.17) is 0 Å². The number of rotatable bonds is 3. The molecule has 1 atom stereocenters. The third kappa shape index (κ3) is 2.24. The Balaban J connectivity index is 2.36. The van der Waals surface area contributed by atoms with Crippen LogP contribution in [0.25, 0.3) is 10.9 Å². The zero-order chi connectivity index (χ0) is 15.0. The quantitative estimate of drug-likeness (QED) is 0.809. The van der Waals surface area contributed by atoms with E-state index in [1.54, 1.807) is 55.5 Å². The highest BCUT2D eigenvalue weighted by atomic mass is 32.2. The predicted molar refractivity (Wildman–Crippen MR) is 81.6 cm³/mol. The zero-order valence-electron chi connectivity index (χ0n) is 11.5. The maximum Gasteiger partial charge on any atom is 0.268 e. The molecule has 0 amide bonds. The molecule has 5 heteroatoms. The standard InChI is InChI=1S/C16H15NO3S/c1-12(18)16-11-13-7-5-6-10-15(13)17(16)21(19,20)14-8-3-2-4-9-14/h2-12,18H,1H3/t12-/m0/s1. The Kier molecular flexibility index (Phi) is 3.31. The SMILES string of the molecule is C[C@H](O)c1cc2ccccc2n1S(=O)(=O)c1ccccc1. The van der Waals surface area contributed by atoms with Crippen molar-refractivity contribution in [3.05, 3.63) is 66.4 Å². The summed E-state index contributed by atoms with van der Waals surface area (Å²) in [4.78, 5) is 0.202. The van der Waals surface area contributed by atoms with Crippen molar-refractivity contribution in [1.82, 2.24) is 3.97 Å². The highest BCUT2D eigenvalue weighted by molar-refractivity contribution is 7.90. The van der Waals surface area contributed by atoms with Gasteiger partial charge in [-0.25, -0.2) is 12.4 Å². The summed E-state index contributed by atoms with van der Waals surface area (Å²) < 4.78 is 27.0. The molecule has 1 aromatic heterocycles. The van der Waals surface area contributed by atoms with E-state index in [0.29, 0.717) is 11.2 Å². The molecule has 0 saturated heterocycles. The Labute approximate surface area is 123 Å². The van der Waals surface area contributed by atoms with Gasteiger partial charge in [0.15, 0.2) is 0 Å². The van der Waals surface area contributed by atoms with Crippen LogP contribution in [0.1, 0.15) is 18.7 Å². The van der Waals surface area contributed by atoms with Crippen molar-refractivity contribution in [2.75, 3.05) is 0 Å². The van der Waals surface area contributed by atoms with Gasteiger partial charge in [0.2, 0.25) is 0 Å². The molecule has 0 aliphatic heterocycles. The first-order valence-electron chi connectivity index (χ1n) is 6.61. The van der Waals surface area contributed by atoms with E-state index >= 15 is 0 Å². The molecule has 1 heterocycles. The van der Waals surface area contributed by atoms with Crippen LogP contribution in [-0.4, -0.2) is 17.5 Å². The highest BCUT2D eigenvalue weighted by Crippen LogP contribution is 2.28. The Morgan fingerprint density at radius 2 is 1.62 bits per heavy atom. The number of benzene rings is 2. The second-order valence-corrected chi connectivity index (χ2v) is 6.67. The molecular weight excluding hydrogens is 286 g/mol. The Morgan fingerprint density at radius 1 is 1.00 bits per heavy atom. The van der Waals surface area contributed by atoms with Crippen LogP contribution in [0.5, 0.6) is 0 Å². The molecule has 0 aliphatic carbocycles. The lowest BCUT2D eigenvalue weighted by atomic mass is 10.2. The van der Waals surface area contributed by atoms with Crippen molar-refractivity contribution in [3.8, 4) is 0 Å². The minimum atomic E-state index is -3.74. The maximum atomic E-state index is 12.9. The van der Waals surface area contributed by atoms with Gasteiger partial charge in [0, 0.05) is 5.39 Å². The number of aliphatic hydroxyl groups excluding tert-OH is 1. The molecule has 108 valence electrons. The van der Waals surface area contributed by atoms with Crippen LogP contribution in [0.3, 0.4) is 0 Å². The fraction of sp³-hybridized carbons (Fsp3) is 0.125. The molecule has 2 aromatic carbocycles. The first-order chi connectivity index (χ1) is 10.0. The van der Waals surface area contributed by atoms with E-state index in [2.05, 4.69) is 0 Å². The highest BCUT2D eigenvalue weighted by Gasteiger charge is 2.24. The van der Waals surface area contributed by atoms with Gasteiger partial charge < -0.3 is 5.11 Å². The van der Waals surface area contributed by atoms with Gasteiger partial charge in [-0.1, -0.05) is 36.4 Å². The average molecular weight is 301 g/mol. The lowest BCUT2D eigenvalue weighted by Crippen LogP contribution is -2.16. The molecule has 4 nitrogen and oxygen atoms in total. The van der Waals surface area contributed by atoms with Crippen molar-refractivity contribution in [2.45, 2.75) is 17.9 Å². The molecule has 0 aliphatic rings. The van der Waals surface area contributed by atoms with Gasteiger partial charge in [0.05, 0.1) is 22.2 Å². The Hall–Kier alpha value is -2.11. The summed E-state index contributed by atoms with van der Waals surface area (Å²) in [7, 11) is -3.74. The molecule has 0 spiro atoms. The minimum Gasteiger partial charge on any atom is -0.387 e. The summed E-state index contributed by atoms with van der Waals surface area (Å²) in [5, 5.41) is 10.7. The van der Waals surface area contributed by atoms with Crippen LogP contribution in [0.15, 0.2) is 65.6 Å². The Morgan fingerprint density at radius 3 is 2.29 bits per heavy atom. The van der Waals surface area contributed by atoms with Crippen LogP contribution < -0.4 is 0 Å². The first kappa shape index (κ1) is 13.9. The largest absolute Gasteiger partial charge is 0.387 e. The van der Waals surface area contributed by atoms with E-state index < -0.39 is 16.1 Å². The van der Waals surface area contributed by atoms with Gasteiger partial charge in [-0.3, -0.25) is 0 Å². The van der Waals surface area contributed by atoms with Gasteiger partial charge in [-0.05, 0) is 31.2 Å². The van der Waals surface area contributed by atoms with Crippen LogP contribution in [0, 0.1) is 0 Å². The fourth-order valence-corrected chi connectivity index (χ4v) is 4.03. The summed E-state index contributed by atoms with van der Waals surface area (Å²) in [6, 6.07) is 17.1. The van der Waals surface area contributed by atoms with Gasteiger partial charge >= 0.3 is 0 Å².